The van der Waals surface area contributed by atoms with E-state index >= 15 is 0 Å². The molecule has 0 saturated carbocycles. The highest BCUT2D eigenvalue weighted by Gasteiger charge is 2.15. The van der Waals surface area contributed by atoms with E-state index in [-0.39, 0.29) is 18.3 Å². The van der Waals surface area contributed by atoms with Gasteiger partial charge in [-0.15, -0.1) is 12.4 Å². The molecule has 0 atom stereocenters. The predicted molar refractivity (Wildman–Crippen MR) is 92.5 cm³/mol. The number of methoxy groups -OCH3 is 1. The molecule has 2 N–H and O–H groups in total. The predicted octanol–water partition coefficient (Wildman–Crippen LogP) is 2.31. The van der Waals surface area contributed by atoms with E-state index in [2.05, 4.69) is 15.5 Å². The van der Waals surface area contributed by atoms with Crippen LogP contribution in [-0.2, 0) is 4.79 Å². The van der Waals surface area contributed by atoms with Crippen molar-refractivity contribution in [3.63, 3.8) is 0 Å². The van der Waals surface area contributed by atoms with Crippen molar-refractivity contribution in [1.82, 2.24) is 10.2 Å². The summed E-state index contributed by atoms with van der Waals surface area (Å²) in [5.74, 6) is 0.549. The molecule has 0 radical (unpaired) electrons. The molecule has 1 amide bonds. The molecule has 1 saturated heterocycles. The van der Waals surface area contributed by atoms with Gasteiger partial charge in [0.15, 0.2) is 0 Å². The fourth-order valence-corrected chi connectivity index (χ4v) is 2.54. The Balaban J connectivity index is 0.00000242. The Labute approximate surface area is 142 Å². The van der Waals surface area contributed by atoms with Gasteiger partial charge in [0.2, 0.25) is 5.91 Å². The first-order valence-corrected chi connectivity index (χ1v) is 7.55. The van der Waals surface area contributed by atoms with Crippen molar-refractivity contribution in [2.75, 3.05) is 45.2 Å². The van der Waals surface area contributed by atoms with E-state index < -0.39 is 0 Å². The zero-order valence-corrected chi connectivity index (χ0v) is 14.5. The van der Waals surface area contributed by atoms with Crippen LogP contribution in [-0.4, -0.2) is 50.6 Å². The summed E-state index contributed by atoms with van der Waals surface area (Å²) in [7, 11) is 1.57. The van der Waals surface area contributed by atoms with E-state index in [4.69, 9.17) is 16.3 Å². The molecule has 1 aliphatic rings. The van der Waals surface area contributed by atoms with Gasteiger partial charge in [-0.1, -0.05) is 11.6 Å². The summed E-state index contributed by atoms with van der Waals surface area (Å²) in [6.07, 6.45) is 1.07. The lowest BCUT2D eigenvalue weighted by atomic mass is 10.2. The van der Waals surface area contributed by atoms with Crippen molar-refractivity contribution < 1.29 is 9.53 Å². The number of nitrogens with one attached hydrogen (secondary N) is 2. The summed E-state index contributed by atoms with van der Waals surface area (Å²) >= 11 is 6.07. The number of amides is 1. The molecule has 1 heterocycles. The van der Waals surface area contributed by atoms with Gasteiger partial charge in [-0.3, -0.25) is 9.69 Å². The number of carbonyl (C=O) groups excluding carboxylic acids is 1. The number of ether oxygens (including phenoxy) is 1. The van der Waals surface area contributed by atoms with Gasteiger partial charge in [-0.05, 0) is 38.1 Å². The lowest BCUT2D eigenvalue weighted by molar-refractivity contribution is -0.117. The monoisotopic (exact) mass is 347 g/mol. The number of aryl methyl sites for hydroxylation is 1. The average Bonchev–Trinajstić information content (AvgIpc) is 2.71. The van der Waals surface area contributed by atoms with E-state index in [1.54, 1.807) is 13.2 Å². The first kappa shape index (κ1) is 19.0. The standard InChI is InChI=1S/C15H22ClN3O2.ClH/c1-11-8-13(14(21-2)9-12(11)16)18-15(20)10-19-6-3-4-17-5-7-19;/h8-9,17H,3-7,10H2,1-2H3,(H,18,20);1H. The maximum atomic E-state index is 12.2. The number of anilines is 1. The first-order valence-electron chi connectivity index (χ1n) is 7.17. The molecule has 0 spiro atoms. The molecule has 5 nitrogen and oxygen atoms in total. The molecule has 2 rings (SSSR count). The van der Waals surface area contributed by atoms with Gasteiger partial charge in [-0.2, -0.15) is 0 Å². The van der Waals surface area contributed by atoms with Crippen LogP contribution in [0.1, 0.15) is 12.0 Å². The van der Waals surface area contributed by atoms with Crippen LogP contribution < -0.4 is 15.4 Å². The highest BCUT2D eigenvalue weighted by Crippen LogP contribution is 2.30. The first-order chi connectivity index (χ1) is 10.1. The highest BCUT2D eigenvalue weighted by molar-refractivity contribution is 6.31. The molecule has 0 aliphatic carbocycles. The summed E-state index contributed by atoms with van der Waals surface area (Å²) < 4.78 is 5.27. The minimum Gasteiger partial charge on any atom is -0.495 e. The van der Waals surface area contributed by atoms with E-state index in [0.717, 1.165) is 38.2 Å². The van der Waals surface area contributed by atoms with Gasteiger partial charge in [0.25, 0.3) is 0 Å². The molecule has 1 aliphatic heterocycles. The highest BCUT2D eigenvalue weighted by atomic mass is 35.5. The van der Waals surface area contributed by atoms with Crippen LogP contribution in [0.15, 0.2) is 12.1 Å². The van der Waals surface area contributed by atoms with Crippen LogP contribution in [0, 0.1) is 6.92 Å². The smallest absolute Gasteiger partial charge is 0.238 e. The molecule has 0 aromatic heterocycles. The second-order valence-corrected chi connectivity index (χ2v) is 5.64. The van der Waals surface area contributed by atoms with Gasteiger partial charge in [0.05, 0.1) is 19.3 Å². The number of rotatable bonds is 4. The number of halogens is 2. The van der Waals surface area contributed by atoms with Crippen molar-refractivity contribution in [3.8, 4) is 5.75 Å². The molecule has 7 heteroatoms. The second-order valence-electron chi connectivity index (χ2n) is 5.23. The van der Waals surface area contributed by atoms with Gasteiger partial charge in [0.1, 0.15) is 5.75 Å². The Morgan fingerprint density at radius 2 is 2.18 bits per heavy atom. The Morgan fingerprint density at radius 3 is 2.91 bits per heavy atom. The van der Waals surface area contributed by atoms with Crippen LogP contribution >= 0.6 is 24.0 Å². The lowest BCUT2D eigenvalue weighted by Gasteiger charge is -2.19. The average molecular weight is 348 g/mol. The molecule has 0 bridgehead atoms. The number of benzene rings is 1. The van der Waals surface area contributed by atoms with E-state index in [0.29, 0.717) is 23.0 Å². The Bertz CT molecular complexity index is 504. The summed E-state index contributed by atoms with van der Waals surface area (Å²) in [5, 5.41) is 6.86. The van der Waals surface area contributed by atoms with Crippen molar-refractivity contribution in [3.05, 3.63) is 22.7 Å². The largest absolute Gasteiger partial charge is 0.495 e. The van der Waals surface area contributed by atoms with Gasteiger partial charge in [0, 0.05) is 24.2 Å². The minimum atomic E-state index is -0.0306. The summed E-state index contributed by atoms with van der Waals surface area (Å²) in [5.41, 5.74) is 1.57. The second kappa shape index (κ2) is 9.20. The zero-order chi connectivity index (χ0) is 15.2. The molecular formula is C15H23Cl2N3O2. The third-order valence-corrected chi connectivity index (χ3v) is 3.96. The maximum absolute atomic E-state index is 12.2. The number of nitrogens with zero attached hydrogens (tertiary/aromatic N) is 1. The van der Waals surface area contributed by atoms with Gasteiger partial charge < -0.3 is 15.4 Å². The molecule has 1 fully saturated rings. The quantitative estimate of drug-likeness (QED) is 0.877. The third-order valence-electron chi connectivity index (χ3n) is 3.55. The van der Waals surface area contributed by atoms with E-state index in [1.165, 1.54) is 0 Å². The molecule has 1 aromatic rings. The lowest BCUT2D eigenvalue weighted by Crippen LogP contribution is -2.35. The Morgan fingerprint density at radius 1 is 1.41 bits per heavy atom. The van der Waals surface area contributed by atoms with Gasteiger partial charge in [-0.25, -0.2) is 0 Å². The van der Waals surface area contributed by atoms with Crippen LogP contribution in [0.25, 0.3) is 0 Å². The number of hydrogen-bond donors (Lipinski definition) is 2. The third kappa shape index (κ3) is 5.32. The number of carbonyl (C=O) groups is 1. The molecule has 22 heavy (non-hydrogen) atoms. The molecule has 124 valence electrons. The Hall–Kier alpha value is -1.01. The summed E-state index contributed by atoms with van der Waals surface area (Å²) in [6.45, 7) is 6.07. The number of hydrogen-bond acceptors (Lipinski definition) is 4. The fraction of sp³-hybridized carbons (Fsp3) is 0.533. The van der Waals surface area contributed by atoms with Crippen LogP contribution in [0.3, 0.4) is 0 Å². The van der Waals surface area contributed by atoms with Crippen LogP contribution in [0.4, 0.5) is 5.69 Å². The zero-order valence-electron chi connectivity index (χ0n) is 12.9. The summed E-state index contributed by atoms with van der Waals surface area (Å²) in [6, 6.07) is 3.56. The summed E-state index contributed by atoms with van der Waals surface area (Å²) in [4.78, 5) is 14.4. The van der Waals surface area contributed by atoms with Crippen molar-refractivity contribution >= 4 is 35.6 Å². The van der Waals surface area contributed by atoms with Gasteiger partial charge >= 0.3 is 0 Å². The van der Waals surface area contributed by atoms with Crippen LogP contribution in [0.5, 0.6) is 5.75 Å². The van der Waals surface area contributed by atoms with Crippen LogP contribution in [0.2, 0.25) is 5.02 Å². The normalized spacial score (nSPS) is 15.6. The molecular weight excluding hydrogens is 325 g/mol. The maximum Gasteiger partial charge on any atom is 0.238 e. The van der Waals surface area contributed by atoms with Crippen molar-refractivity contribution in [1.29, 1.82) is 0 Å². The minimum absolute atomic E-state index is 0. The van der Waals surface area contributed by atoms with E-state index in [9.17, 15) is 4.79 Å². The van der Waals surface area contributed by atoms with Crippen molar-refractivity contribution in [2.45, 2.75) is 13.3 Å². The molecule has 1 aromatic carbocycles. The fourth-order valence-electron chi connectivity index (χ4n) is 2.38. The van der Waals surface area contributed by atoms with Crippen molar-refractivity contribution in [2.24, 2.45) is 0 Å². The Kier molecular flexibility index (Phi) is 7.96. The topological polar surface area (TPSA) is 53.6 Å². The SMILES string of the molecule is COc1cc(Cl)c(C)cc1NC(=O)CN1CCCNCC1.Cl. The van der Waals surface area contributed by atoms with E-state index in [1.807, 2.05) is 13.0 Å². The molecule has 0 unspecified atom stereocenters.